The zero-order valence-electron chi connectivity index (χ0n) is 14.3. The maximum Gasteiger partial charge on any atom is 0.310 e. The van der Waals surface area contributed by atoms with Crippen molar-refractivity contribution in [3.05, 3.63) is 44.0 Å². The van der Waals surface area contributed by atoms with Crippen molar-refractivity contribution in [3.63, 3.8) is 0 Å². The van der Waals surface area contributed by atoms with Crippen molar-refractivity contribution in [1.29, 1.82) is 0 Å². The maximum absolute atomic E-state index is 12.7. The number of methoxy groups -OCH3 is 1. The number of nitro benzene ring substituents is 2. The molecule has 0 radical (unpaired) electrons. The fourth-order valence-electron chi connectivity index (χ4n) is 2.19. The van der Waals surface area contributed by atoms with Crippen molar-refractivity contribution < 1.29 is 24.2 Å². The number of amides is 1. The summed E-state index contributed by atoms with van der Waals surface area (Å²) < 4.78 is 4.62. The van der Waals surface area contributed by atoms with Crippen molar-refractivity contribution in [2.45, 2.75) is 26.8 Å². The lowest BCUT2D eigenvalue weighted by molar-refractivity contribution is -0.394. The molecule has 1 atom stereocenters. The van der Waals surface area contributed by atoms with Crippen LogP contribution in [0.3, 0.4) is 0 Å². The molecule has 0 aromatic heterocycles. The fraction of sp³-hybridized carbons (Fsp3) is 0.467. The van der Waals surface area contributed by atoms with E-state index >= 15 is 0 Å². The molecule has 0 aliphatic rings. The summed E-state index contributed by atoms with van der Waals surface area (Å²) in [6.45, 7) is 4.99. The lowest BCUT2D eigenvalue weighted by Crippen LogP contribution is -2.41. The zero-order chi connectivity index (χ0) is 19.3. The van der Waals surface area contributed by atoms with Gasteiger partial charge in [0.25, 0.3) is 17.3 Å². The molecule has 25 heavy (non-hydrogen) atoms. The lowest BCUT2D eigenvalue weighted by atomic mass is 10.1. The Kier molecular flexibility index (Phi) is 6.54. The topological polar surface area (TPSA) is 133 Å². The third-order valence-electron chi connectivity index (χ3n) is 3.53. The van der Waals surface area contributed by atoms with E-state index in [1.54, 1.807) is 20.8 Å². The Morgan fingerprint density at radius 2 is 1.56 bits per heavy atom. The molecule has 10 nitrogen and oxygen atoms in total. The van der Waals surface area contributed by atoms with Crippen LogP contribution in [-0.4, -0.2) is 46.3 Å². The van der Waals surface area contributed by atoms with E-state index < -0.39 is 39.0 Å². The molecular formula is C15H19N3O7. The second-order valence-corrected chi connectivity index (χ2v) is 5.73. The molecule has 136 valence electrons. The summed E-state index contributed by atoms with van der Waals surface area (Å²) in [4.78, 5) is 45.9. The zero-order valence-corrected chi connectivity index (χ0v) is 14.3. The number of non-ortho nitro benzene ring substituents is 2. The van der Waals surface area contributed by atoms with Gasteiger partial charge in [-0.3, -0.25) is 29.8 Å². The highest BCUT2D eigenvalue weighted by Gasteiger charge is 2.27. The minimum atomic E-state index is -0.805. The third-order valence-corrected chi connectivity index (χ3v) is 3.53. The van der Waals surface area contributed by atoms with Crippen LogP contribution >= 0.6 is 0 Å². The average Bonchev–Trinajstić information content (AvgIpc) is 2.57. The SMILES string of the molecule is COC(=O)C(C)CN(C(=O)c1cc([N+](=O)[O-])cc([N+](=O)[O-])c1)C(C)C. The van der Waals surface area contributed by atoms with E-state index in [0.29, 0.717) is 0 Å². The van der Waals surface area contributed by atoms with Crippen molar-refractivity contribution in [3.8, 4) is 0 Å². The van der Waals surface area contributed by atoms with Crippen LogP contribution in [0.1, 0.15) is 31.1 Å². The predicted octanol–water partition coefficient (Wildman–Crippen LogP) is 2.16. The van der Waals surface area contributed by atoms with Crippen LogP contribution in [-0.2, 0) is 9.53 Å². The van der Waals surface area contributed by atoms with Gasteiger partial charge in [-0.2, -0.15) is 0 Å². The Morgan fingerprint density at radius 3 is 1.92 bits per heavy atom. The molecule has 0 fully saturated rings. The van der Waals surface area contributed by atoms with E-state index in [-0.39, 0.29) is 18.2 Å². The Labute approximate surface area is 143 Å². The second kappa shape index (κ2) is 8.18. The highest BCUT2D eigenvalue weighted by molar-refractivity contribution is 5.96. The molecule has 1 unspecified atom stereocenters. The number of ether oxygens (including phenoxy) is 1. The Balaban J connectivity index is 3.26. The molecule has 10 heteroatoms. The first-order chi connectivity index (χ1) is 11.6. The molecule has 0 spiro atoms. The van der Waals surface area contributed by atoms with Gasteiger partial charge < -0.3 is 9.64 Å². The lowest BCUT2D eigenvalue weighted by Gasteiger charge is -2.28. The Bertz CT molecular complexity index is 670. The van der Waals surface area contributed by atoms with E-state index in [1.165, 1.54) is 12.0 Å². The van der Waals surface area contributed by atoms with Crippen molar-refractivity contribution in [2.75, 3.05) is 13.7 Å². The normalized spacial score (nSPS) is 11.7. The molecular weight excluding hydrogens is 334 g/mol. The molecule has 0 N–H and O–H groups in total. The van der Waals surface area contributed by atoms with Gasteiger partial charge in [-0.25, -0.2) is 0 Å². The largest absolute Gasteiger partial charge is 0.469 e. The molecule has 0 bridgehead atoms. The van der Waals surface area contributed by atoms with E-state index in [4.69, 9.17) is 0 Å². The number of nitrogens with zero attached hydrogens (tertiary/aromatic N) is 3. The first-order valence-electron chi connectivity index (χ1n) is 7.41. The maximum atomic E-state index is 12.7. The Hall–Kier alpha value is -3.04. The van der Waals surface area contributed by atoms with E-state index in [9.17, 15) is 29.8 Å². The van der Waals surface area contributed by atoms with Gasteiger partial charge in [0.1, 0.15) is 0 Å². The van der Waals surface area contributed by atoms with Gasteiger partial charge in [0.2, 0.25) is 0 Å². The van der Waals surface area contributed by atoms with Gasteiger partial charge in [0.15, 0.2) is 0 Å². The second-order valence-electron chi connectivity index (χ2n) is 5.73. The van der Waals surface area contributed by atoms with E-state index in [1.807, 2.05) is 0 Å². The number of hydrogen-bond acceptors (Lipinski definition) is 7. The number of nitro groups is 2. The number of benzene rings is 1. The quantitative estimate of drug-likeness (QED) is 0.416. The van der Waals surface area contributed by atoms with Gasteiger partial charge in [-0.15, -0.1) is 0 Å². The summed E-state index contributed by atoms with van der Waals surface area (Å²) in [5, 5.41) is 21.9. The highest BCUT2D eigenvalue weighted by Crippen LogP contribution is 2.24. The standard InChI is InChI=1S/C15H19N3O7/c1-9(2)16(8-10(3)15(20)25-4)14(19)11-5-12(17(21)22)7-13(6-11)18(23)24/h5-7,9-10H,8H2,1-4H3. The van der Waals surface area contributed by atoms with Gasteiger partial charge in [0.05, 0.1) is 34.5 Å². The molecule has 0 aliphatic carbocycles. The van der Waals surface area contributed by atoms with E-state index in [2.05, 4.69) is 4.74 Å². The monoisotopic (exact) mass is 353 g/mol. The smallest absolute Gasteiger partial charge is 0.310 e. The third kappa shape index (κ3) is 4.96. The van der Waals surface area contributed by atoms with Gasteiger partial charge in [0, 0.05) is 24.7 Å². The molecule has 0 saturated carbocycles. The van der Waals surface area contributed by atoms with Crippen molar-refractivity contribution in [2.24, 2.45) is 5.92 Å². The van der Waals surface area contributed by atoms with Crippen molar-refractivity contribution >= 4 is 23.3 Å². The highest BCUT2D eigenvalue weighted by atomic mass is 16.6. The molecule has 0 aliphatic heterocycles. The Morgan fingerprint density at radius 1 is 1.08 bits per heavy atom. The molecule has 1 aromatic carbocycles. The van der Waals surface area contributed by atoms with Crippen LogP contribution in [0.15, 0.2) is 18.2 Å². The number of carbonyl (C=O) groups excluding carboxylic acids is 2. The molecule has 0 heterocycles. The van der Waals surface area contributed by atoms with Crippen LogP contribution in [0.5, 0.6) is 0 Å². The first kappa shape index (κ1) is 20.0. The van der Waals surface area contributed by atoms with Crippen LogP contribution < -0.4 is 0 Å². The number of hydrogen-bond donors (Lipinski definition) is 0. The molecule has 0 saturated heterocycles. The molecule has 1 amide bonds. The average molecular weight is 353 g/mol. The van der Waals surface area contributed by atoms with Crippen LogP contribution in [0.25, 0.3) is 0 Å². The van der Waals surface area contributed by atoms with Gasteiger partial charge >= 0.3 is 5.97 Å². The van der Waals surface area contributed by atoms with Crippen LogP contribution in [0.4, 0.5) is 11.4 Å². The summed E-state index contributed by atoms with van der Waals surface area (Å²) in [5.41, 5.74) is -1.30. The van der Waals surface area contributed by atoms with E-state index in [0.717, 1.165) is 18.2 Å². The fourth-order valence-corrected chi connectivity index (χ4v) is 2.19. The minimum absolute atomic E-state index is 0.0136. The van der Waals surface area contributed by atoms with Crippen LogP contribution in [0, 0.1) is 26.1 Å². The molecule has 1 aromatic rings. The minimum Gasteiger partial charge on any atom is -0.469 e. The van der Waals surface area contributed by atoms with Crippen LogP contribution in [0.2, 0.25) is 0 Å². The summed E-state index contributed by atoms with van der Waals surface area (Å²) in [5.74, 6) is -1.77. The number of carbonyl (C=O) groups is 2. The number of rotatable bonds is 7. The summed E-state index contributed by atoms with van der Waals surface area (Å²) in [7, 11) is 1.23. The summed E-state index contributed by atoms with van der Waals surface area (Å²) >= 11 is 0. The van der Waals surface area contributed by atoms with Crippen molar-refractivity contribution in [1.82, 2.24) is 4.90 Å². The van der Waals surface area contributed by atoms with Gasteiger partial charge in [-0.05, 0) is 13.8 Å². The number of esters is 1. The van der Waals surface area contributed by atoms with Gasteiger partial charge in [-0.1, -0.05) is 6.92 Å². The predicted molar refractivity (Wildman–Crippen MR) is 87.1 cm³/mol. The summed E-state index contributed by atoms with van der Waals surface area (Å²) in [6.07, 6.45) is 0. The summed E-state index contributed by atoms with van der Waals surface area (Å²) in [6, 6.07) is 2.41. The first-order valence-corrected chi connectivity index (χ1v) is 7.41. The molecule has 1 rings (SSSR count).